The molecule has 1 aliphatic rings. The van der Waals surface area contributed by atoms with E-state index in [9.17, 15) is 0 Å². The van der Waals surface area contributed by atoms with Crippen LogP contribution in [0.4, 0.5) is 0 Å². The fraction of sp³-hybridized carbons (Fsp3) is 0.636. The lowest BCUT2D eigenvalue weighted by molar-refractivity contribution is 0.285. The van der Waals surface area contributed by atoms with Crippen molar-refractivity contribution in [2.45, 2.75) is 26.4 Å². The Bertz CT molecular complexity index is 298. The Morgan fingerprint density at radius 1 is 1.50 bits per heavy atom. The topological polar surface area (TPSA) is 42.4 Å². The van der Waals surface area contributed by atoms with E-state index in [0.29, 0.717) is 12.0 Å². The molecule has 1 aromatic heterocycles. The molecule has 2 atom stereocenters. The smallest absolute Gasteiger partial charge is 0.118 e. The summed E-state index contributed by atoms with van der Waals surface area (Å²) in [6.45, 7) is 7.15. The predicted octanol–water partition coefficient (Wildman–Crippen LogP) is 1.37. The molecule has 1 fully saturated rings. The molecular weight excluding hydrogens is 176 g/mol. The quantitative estimate of drug-likeness (QED) is 0.773. The van der Waals surface area contributed by atoms with Gasteiger partial charge in [-0.05, 0) is 25.0 Å². The minimum absolute atomic E-state index is 0.325. The van der Waals surface area contributed by atoms with Crippen LogP contribution in [0.3, 0.4) is 0 Å². The van der Waals surface area contributed by atoms with Crippen LogP contribution in [0.1, 0.15) is 18.4 Å². The number of aryl methyl sites for hydroxylation is 1. The van der Waals surface area contributed by atoms with Gasteiger partial charge in [0.05, 0.1) is 6.54 Å². The lowest BCUT2D eigenvalue weighted by atomic mass is 10.1. The minimum Gasteiger partial charge on any atom is -0.465 e. The number of nitrogens with zero attached hydrogens (tertiary/aromatic N) is 1. The lowest BCUT2D eigenvalue weighted by Gasteiger charge is -2.12. The van der Waals surface area contributed by atoms with E-state index in [0.717, 1.165) is 31.2 Å². The van der Waals surface area contributed by atoms with Crippen LogP contribution >= 0.6 is 0 Å². The first-order chi connectivity index (χ1) is 6.65. The Morgan fingerprint density at radius 2 is 2.29 bits per heavy atom. The molecule has 1 saturated heterocycles. The molecule has 0 aromatic carbocycles. The third-order valence-corrected chi connectivity index (χ3v) is 2.92. The third kappa shape index (κ3) is 1.99. The molecule has 14 heavy (non-hydrogen) atoms. The first-order valence-corrected chi connectivity index (χ1v) is 5.18. The van der Waals surface area contributed by atoms with Gasteiger partial charge in [0.15, 0.2) is 0 Å². The van der Waals surface area contributed by atoms with Crippen LogP contribution in [-0.4, -0.2) is 24.0 Å². The number of rotatable bonds is 2. The molecule has 2 unspecified atom stereocenters. The highest BCUT2D eigenvalue weighted by atomic mass is 16.3. The predicted molar refractivity (Wildman–Crippen MR) is 55.9 cm³/mol. The van der Waals surface area contributed by atoms with E-state index in [2.05, 4.69) is 11.8 Å². The highest BCUT2D eigenvalue weighted by Crippen LogP contribution is 2.18. The maximum Gasteiger partial charge on any atom is 0.118 e. The SMILES string of the molecule is Cc1ccc(CN2CC(C)C(N)C2)o1. The first kappa shape index (κ1) is 9.74. The van der Waals surface area contributed by atoms with Crippen molar-refractivity contribution in [3.63, 3.8) is 0 Å². The van der Waals surface area contributed by atoms with Gasteiger partial charge in [0, 0.05) is 19.1 Å². The van der Waals surface area contributed by atoms with E-state index < -0.39 is 0 Å². The van der Waals surface area contributed by atoms with Gasteiger partial charge in [-0.1, -0.05) is 6.92 Å². The summed E-state index contributed by atoms with van der Waals surface area (Å²) in [5.41, 5.74) is 5.96. The van der Waals surface area contributed by atoms with Gasteiger partial charge >= 0.3 is 0 Å². The van der Waals surface area contributed by atoms with Crippen molar-refractivity contribution in [2.24, 2.45) is 11.7 Å². The molecule has 2 heterocycles. The molecule has 3 nitrogen and oxygen atoms in total. The third-order valence-electron chi connectivity index (χ3n) is 2.92. The standard InChI is InChI=1S/C11H18N2O/c1-8-5-13(7-11(8)12)6-10-4-3-9(2)14-10/h3-4,8,11H,5-7,12H2,1-2H3. The van der Waals surface area contributed by atoms with Gasteiger partial charge < -0.3 is 10.2 Å². The molecule has 78 valence electrons. The van der Waals surface area contributed by atoms with Gasteiger partial charge in [-0.15, -0.1) is 0 Å². The van der Waals surface area contributed by atoms with Crippen LogP contribution in [0.5, 0.6) is 0 Å². The number of hydrogen-bond donors (Lipinski definition) is 1. The van der Waals surface area contributed by atoms with Gasteiger partial charge in [0.1, 0.15) is 11.5 Å². The van der Waals surface area contributed by atoms with E-state index in [1.807, 2.05) is 19.1 Å². The van der Waals surface area contributed by atoms with Crippen molar-refractivity contribution in [3.8, 4) is 0 Å². The van der Waals surface area contributed by atoms with Gasteiger partial charge in [0.2, 0.25) is 0 Å². The fourth-order valence-corrected chi connectivity index (χ4v) is 2.01. The van der Waals surface area contributed by atoms with Gasteiger partial charge in [-0.2, -0.15) is 0 Å². The molecule has 0 amide bonds. The van der Waals surface area contributed by atoms with Crippen LogP contribution in [0.25, 0.3) is 0 Å². The molecule has 0 aliphatic carbocycles. The Hall–Kier alpha value is -0.800. The van der Waals surface area contributed by atoms with Crippen molar-refractivity contribution in [3.05, 3.63) is 23.7 Å². The fourth-order valence-electron chi connectivity index (χ4n) is 2.01. The molecule has 3 heteroatoms. The molecule has 2 N–H and O–H groups in total. The molecule has 0 bridgehead atoms. The summed E-state index contributed by atoms with van der Waals surface area (Å²) in [5.74, 6) is 2.63. The largest absolute Gasteiger partial charge is 0.465 e. The van der Waals surface area contributed by atoms with Gasteiger partial charge in [0.25, 0.3) is 0 Å². The van der Waals surface area contributed by atoms with E-state index in [1.54, 1.807) is 0 Å². The first-order valence-electron chi connectivity index (χ1n) is 5.18. The minimum atomic E-state index is 0.325. The Kier molecular flexibility index (Phi) is 2.61. The van der Waals surface area contributed by atoms with E-state index in [1.165, 1.54) is 0 Å². The zero-order valence-electron chi connectivity index (χ0n) is 8.86. The lowest BCUT2D eigenvalue weighted by Crippen LogP contribution is -2.28. The summed E-state index contributed by atoms with van der Waals surface area (Å²) in [5, 5.41) is 0. The maximum atomic E-state index is 5.96. The number of hydrogen-bond acceptors (Lipinski definition) is 3. The van der Waals surface area contributed by atoms with E-state index >= 15 is 0 Å². The summed E-state index contributed by atoms with van der Waals surface area (Å²) in [6.07, 6.45) is 0. The molecule has 0 radical (unpaired) electrons. The van der Waals surface area contributed by atoms with Crippen molar-refractivity contribution < 1.29 is 4.42 Å². The van der Waals surface area contributed by atoms with Crippen LogP contribution in [0, 0.1) is 12.8 Å². The van der Waals surface area contributed by atoms with Crippen molar-refractivity contribution in [1.82, 2.24) is 4.90 Å². The molecular formula is C11H18N2O. The molecule has 0 spiro atoms. The second-order valence-electron chi connectivity index (χ2n) is 4.35. The van der Waals surface area contributed by atoms with Gasteiger partial charge in [-0.3, -0.25) is 4.90 Å². The van der Waals surface area contributed by atoms with E-state index in [4.69, 9.17) is 10.2 Å². The zero-order chi connectivity index (χ0) is 10.1. The second-order valence-corrected chi connectivity index (χ2v) is 4.35. The molecule has 1 aliphatic heterocycles. The van der Waals surface area contributed by atoms with Crippen LogP contribution in [0.2, 0.25) is 0 Å². The Labute approximate surface area is 84.9 Å². The molecule has 0 saturated carbocycles. The second kappa shape index (κ2) is 3.75. The highest BCUT2D eigenvalue weighted by molar-refractivity contribution is 5.06. The summed E-state index contributed by atoms with van der Waals surface area (Å²) >= 11 is 0. The van der Waals surface area contributed by atoms with Crippen molar-refractivity contribution in [2.75, 3.05) is 13.1 Å². The van der Waals surface area contributed by atoms with Crippen LogP contribution in [-0.2, 0) is 6.54 Å². The normalized spacial score (nSPS) is 28.5. The number of likely N-dealkylation sites (tertiary alicyclic amines) is 1. The van der Waals surface area contributed by atoms with Crippen molar-refractivity contribution in [1.29, 1.82) is 0 Å². The Morgan fingerprint density at radius 3 is 2.79 bits per heavy atom. The average molecular weight is 194 g/mol. The summed E-state index contributed by atoms with van der Waals surface area (Å²) in [4.78, 5) is 2.35. The maximum absolute atomic E-state index is 5.96. The summed E-state index contributed by atoms with van der Waals surface area (Å²) in [7, 11) is 0. The zero-order valence-corrected chi connectivity index (χ0v) is 8.86. The van der Waals surface area contributed by atoms with E-state index in [-0.39, 0.29) is 0 Å². The molecule has 1 aromatic rings. The highest BCUT2D eigenvalue weighted by Gasteiger charge is 2.26. The monoisotopic (exact) mass is 194 g/mol. The van der Waals surface area contributed by atoms with Gasteiger partial charge in [-0.25, -0.2) is 0 Å². The molecule has 2 rings (SSSR count). The number of nitrogens with two attached hydrogens (primary N) is 1. The summed E-state index contributed by atoms with van der Waals surface area (Å²) < 4.78 is 5.53. The van der Waals surface area contributed by atoms with Crippen LogP contribution in [0.15, 0.2) is 16.5 Å². The number of furan rings is 1. The average Bonchev–Trinajstić information content (AvgIpc) is 2.62. The Balaban J connectivity index is 1.93. The summed E-state index contributed by atoms with van der Waals surface area (Å²) in [6, 6.07) is 4.38. The van der Waals surface area contributed by atoms with Crippen LogP contribution < -0.4 is 5.73 Å². The van der Waals surface area contributed by atoms with Crippen molar-refractivity contribution >= 4 is 0 Å².